The fraction of sp³-hybridized carbons (Fsp3) is 0.923. The molecular formula is C13H20O2S. The molecule has 2 atom stereocenters. The molecule has 1 aliphatic heterocycles. The third-order valence-electron chi connectivity index (χ3n) is 4.73. The fourth-order valence-corrected chi connectivity index (χ4v) is 4.14. The Morgan fingerprint density at radius 3 is 2.00 bits per heavy atom. The van der Waals surface area contributed by atoms with E-state index in [1.807, 2.05) is 0 Å². The van der Waals surface area contributed by atoms with Gasteiger partial charge in [-0.3, -0.25) is 0 Å². The highest BCUT2D eigenvalue weighted by atomic mass is 32.1. The van der Waals surface area contributed by atoms with Crippen LogP contribution in [0, 0.1) is 5.41 Å². The van der Waals surface area contributed by atoms with Crippen LogP contribution in [-0.2, 0) is 9.47 Å². The number of hydrogen-bond acceptors (Lipinski definition) is 3. The molecule has 0 radical (unpaired) electrons. The van der Waals surface area contributed by atoms with E-state index in [1.54, 1.807) is 0 Å². The second-order valence-electron chi connectivity index (χ2n) is 5.54. The molecule has 3 heteroatoms. The molecule has 2 aliphatic carbocycles. The van der Waals surface area contributed by atoms with Crippen LogP contribution in [0.5, 0.6) is 0 Å². The molecule has 16 heavy (non-hydrogen) atoms. The highest BCUT2D eigenvalue weighted by Crippen LogP contribution is 2.51. The molecule has 0 aromatic heterocycles. The molecule has 3 rings (SSSR count). The minimum Gasteiger partial charge on any atom is -0.453 e. The molecule has 1 heterocycles. The Bertz CT molecular complexity index is 264. The average molecular weight is 240 g/mol. The van der Waals surface area contributed by atoms with Crippen molar-refractivity contribution < 1.29 is 9.47 Å². The summed E-state index contributed by atoms with van der Waals surface area (Å²) in [6.07, 6.45) is 12.2. The second-order valence-corrected chi connectivity index (χ2v) is 5.87. The fourth-order valence-electron chi connectivity index (χ4n) is 3.91. The number of hydrogen-bond donors (Lipinski definition) is 0. The molecule has 0 aromatic rings. The van der Waals surface area contributed by atoms with Crippen molar-refractivity contribution in [2.45, 2.75) is 70.0 Å². The maximum Gasteiger partial charge on any atom is 0.352 e. The first-order valence-corrected chi connectivity index (χ1v) is 7.09. The molecule has 2 nitrogen and oxygen atoms in total. The predicted molar refractivity (Wildman–Crippen MR) is 66.3 cm³/mol. The van der Waals surface area contributed by atoms with E-state index in [4.69, 9.17) is 21.7 Å². The van der Waals surface area contributed by atoms with Gasteiger partial charge in [0, 0.05) is 17.6 Å². The van der Waals surface area contributed by atoms with Gasteiger partial charge in [0.2, 0.25) is 0 Å². The molecular weight excluding hydrogens is 220 g/mol. The quantitative estimate of drug-likeness (QED) is 0.603. The predicted octanol–water partition coefficient (Wildman–Crippen LogP) is 3.58. The Kier molecular flexibility index (Phi) is 2.82. The van der Waals surface area contributed by atoms with Gasteiger partial charge in [0.05, 0.1) is 0 Å². The Morgan fingerprint density at radius 2 is 1.44 bits per heavy atom. The summed E-state index contributed by atoms with van der Waals surface area (Å²) in [5, 5.41) is 0.410. The lowest BCUT2D eigenvalue weighted by Gasteiger charge is -2.49. The van der Waals surface area contributed by atoms with Crippen LogP contribution in [0.4, 0.5) is 0 Å². The molecule has 3 fully saturated rings. The van der Waals surface area contributed by atoms with Gasteiger partial charge in [0.25, 0.3) is 0 Å². The Balaban J connectivity index is 1.91. The van der Waals surface area contributed by atoms with Gasteiger partial charge in [-0.25, -0.2) is 0 Å². The van der Waals surface area contributed by atoms with E-state index >= 15 is 0 Å². The molecule has 1 saturated heterocycles. The van der Waals surface area contributed by atoms with Gasteiger partial charge in [-0.2, -0.15) is 0 Å². The summed E-state index contributed by atoms with van der Waals surface area (Å²) in [5.41, 5.74) is 0.303. The van der Waals surface area contributed by atoms with Gasteiger partial charge in [-0.05, 0) is 38.5 Å². The van der Waals surface area contributed by atoms with Crippen molar-refractivity contribution in [1.82, 2.24) is 0 Å². The van der Waals surface area contributed by atoms with Crippen LogP contribution in [0.3, 0.4) is 0 Å². The topological polar surface area (TPSA) is 18.5 Å². The van der Waals surface area contributed by atoms with E-state index in [9.17, 15) is 0 Å². The summed E-state index contributed by atoms with van der Waals surface area (Å²) in [7, 11) is 0. The summed E-state index contributed by atoms with van der Waals surface area (Å²) in [6.45, 7) is 0. The van der Waals surface area contributed by atoms with Crippen LogP contribution in [-0.4, -0.2) is 17.4 Å². The SMILES string of the molecule is S=C1OC2CCCCC(O1)C21CCCCC1. The van der Waals surface area contributed by atoms with Gasteiger partial charge in [0.1, 0.15) is 12.2 Å². The van der Waals surface area contributed by atoms with Crippen LogP contribution in [0.2, 0.25) is 0 Å². The minimum atomic E-state index is 0.303. The Morgan fingerprint density at radius 1 is 0.875 bits per heavy atom. The zero-order valence-corrected chi connectivity index (χ0v) is 10.6. The summed E-state index contributed by atoms with van der Waals surface area (Å²) < 4.78 is 11.7. The van der Waals surface area contributed by atoms with E-state index in [-0.39, 0.29) is 0 Å². The number of ether oxygens (including phenoxy) is 2. The van der Waals surface area contributed by atoms with Crippen molar-refractivity contribution in [1.29, 1.82) is 0 Å². The van der Waals surface area contributed by atoms with Crippen LogP contribution in [0.1, 0.15) is 57.8 Å². The van der Waals surface area contributed by atoms with Crippen molar-refractivity contribution >= 4 is 17.5 Å². The average Bonchev–Trinajstić information content (AvgIpc) is 2.39. The van der Waals surface area contributed by atoms with Gasteiger partial charge in [-0.15, -0.1) is 0 Å². The van der Waals surface area contributed by atoms with Crippen molar-refractivity contribution in [3.05, 3.63) is 0 Å². The maximum absolute atomic E-state index is 5.84. The van der Waals surface area contributed by atoms with E-state index in [0.717, 1.165) is 0 Å². The van der Waals surface area contributed by atoms with E-state index < -0.39 is 0 Å². The molecule has 3 aliphatic rings. The number of thiocarbonyl (C=S) groups is 1. The van der Waals surface area contributed by atoms with Gasteiger partial charge < -0.3 is 9.47 Å². The standard InChI is InChI=1S/C13H20O2S/c16-12-14-10-6-2-3-7-11(15-12)13(10)8-4-1-5-9-13/h10-11H,1-9H2. The molecule has 1 spiro atoms. The van der Waals surface area contributed by atoms with Gasteiger partial charge >= 0.3 is 5.24 Å². The smallest absolute Gasteiger partial charge is 0.352 e. The Labute approximate surface area is 103 Å². The first-order valence-electron chi connectivity index (χ1n) is 6.68. The Hall–Kier alpha value is -0.310. The van der Waals surface area contributed by atoms with E-state index in [0.29, 0.717) is 22.9 Å². The molecule has 0 N–H and O–H groups in total. The molecule has 2 saturated carbocycles. The maximum atomic E-state index is 5.84. The molecule has 0 aromatic carbocycles. The van der Waals surface area contributed by atoms with Crippen molar-refractivity contribution in [2.75, 3.05) is 0 Å². The normalized spacial score (nSPS) is 37.4. The van der Waals surface area contributed by atoms with Crippen LogP contribution < -0.4 is 0 Å². The highest BCUT2D eigenvalue weighted by Gasteiger charge is 2.52. The van der Waals surface area contributed by atoms with Crippen LogP contribution in [0.15, 0.2) is 0 Å². The number of rotatable bonds is 0. The van der Waals surface area contributed by atoms with Gasteiger partial charge in [0.15, 0.2) is 0 Å². The first kappa shape index (κ1) is 10.8. The lowest BCUT2D eigenvalue weighted by Crippen LogP contribution is -2.53. The summed E-state index contributed by atoms with van der Waals surface area (Å²) in [5.74, 6) is 0. The minimum absolute atomic E-state index is 0.303. The third-order valence-corrected chi connectivity index (χ3v) is 4.92. The summed E-state index contributed by atoms with van der Waals surface area (Å²) in [6, 6.07) is 0. The van der Waals surface area contributed by atoms with E-state index in [2.05, 4.69) is 0 Å². The molecule has 90 valence electrons. The van der Waals surface area contributed by atoms with Crippen molar-refractivity contribution in [3.8, 4) is 0 Å². The zero-order valence-electron chi connectivity index (χ0n) is 9.74. The van der Waals surface area contributed by atoms with Crippen molar-refractivity contribution in [3.63, 3.8) is 0 Å². The summed E-state index contributed by atoms with van der Waals surface area (Å²) in [4.78, 5) is 0. The van der Waals surface area contributed by atoms with Crippen LogP contribution in [0.25, 0.3) is 0 Å². The lowest BCUT2D eigenvalue weighted by molar-refractivity contribution is -0.135. The summed E-state index contributed by atoms with van der Waals surface area (Å²) >= 11 is 5.13. The zero-order chi connectivity index (χ0) is 11.0. The highest BCUT2D eigenvalue weighted by molar-refractivity contribution is 7.79. The van der Waals surface area contributed by atoms with E-state index in [1.165, 1.54) is 57.8 Å². The van der Waals surface area contributed by atoms with Crippen LogP contribution >= 0.6 is 12.2 Å². The molecule has 2 bridgehead atoms. The molecule has 2 unspecified atom stereocenters. The lowest BCUT2D eigenvalue weighted by atomic mass is 9.65. The monoisotopic (exact) mass is 240 g/mol. The first-order chi connectivity index (χ1) is 7.81. The largest absolute Gasteiger partial charge is 0.453 e. The molecule has 0 amide bonds. The van der Waals surface area contributed by atoms with Crippen molar-refractivity contribution in [2.24, 2.45) is 5.41 Å². The second kappa shape index (κ2) is 4.17. The third kappa shape index (κ3) is 1.64. The van der Waals surface area contributed by atoms with Gasteiger partial charge in [-0.1, -0.05) is 19.3 Å².